The fourth-order valence-electron chi connectivity index (χ4n) is 5.49. The number of fused-ring (bicyclic) bond motifs is 6. The van der Waals surface area contributed by atoms with Crippen molar-refractivity contribution in [2.75, 3.05) is 26.7 Å². The van der Waals surface area contributed by atoms with Crippen molar-refractivity contribution >= 4 is 52.8 Å². The second kappa shape index (κ2) is 10.2. The van der Waals surface area contributed by atoms with Crippen molar-refractivity contribution in [3.63, 3.8) is 0 Å². The van der Waals surface area contributed by atoms with Gasteiger partial charge in [-0.2, -0.15) is 0 Å². The molecule has 2 N–H and O–H groups in total. The molecule has 176 valence electrons. The quantitative estimate of drug-likeness (QED) is 0.129. The molecule has 1 saturated heterocycles. The number of allylic oxidation sites excluding steroid dienone is 2. The summed E-state index contributed by atoms with van der Waals surface area (Å²) in [5.41, 5.74) is 2.16. The average molecular weight is 562 g/mol. The van der Waals surface area contributed by atoms with Crippen LogP contribution in [-0.4, -0.2) is 58.9 Å². The maximum atomic E-state index is 12.7. The number of para-hydroxylation sites is 2. The molecule has 9 heteroatoms. The Kier molecular flexibility index (Phi) is 7.35. The van der Waals surface area contributed by atoms with E-state index >= 15 is 0 Å². The molecule has 2 bridgehead atoms. The molecule has 1 aliphatic heterocycles. The molecule has 0 radical (unpaired) electrons. The average Bonchev–Trinajstić information content (AvgIpc) is 3.58. The van der Waals surface area contributed by atoms with Crippen LogP contribution < -0.4 is 10.6 Å². The van der Waals surface area contributed by atoms with E-state index < -0.39 is 0 Å². The molecule has 2 heterocycles. The van der Waals surface area contributed by atoms with E-state index in [1.807, 2.05) is 24.5 Å². The number of rotatable bonds is 8. The van der Waals surface area contributed by atoms with Gasteiger partial charge >= 0.3 is 0 Å². The van der Waals surface area contributed by atoms with Gasteiger partial charge in [-0.25, -0.2) is 4.98 Å². The van der Waals surface area contributed by atoms with E-state index in [2.05, 4.69) is 43.4 Å². The molecule has 4 atom stereocenters. The van der Waals surface area contributed by atoms with Crippen molar-refractivity contribution in [3.05, 3.63) is 42.7 Å². The van der Waals surface area contributed by atoms with E-state index in [1.165, 1.54) is 4.90 Å². The fraction of sp³-hybridized carbons (Fsp3) is 0.500. The summed E-state index contributed by atoms with van der Waals surface area (Å²) < 4.78 is 2.16. The van der Waals surface area contributed by atoms with Gasteiger partial charge in [0.25, 0.3) is 0 Å². The molecule has 5 rings (SSSR count). The molecule has 33 heavy (non-hydrogen) atoms. The van der Waals surface area contributed by atoms with E-state index in [1.54, 1.807) is 7.05 Å². The Balaban J connectivity index is 0.00000259. The van der Waals surface area contributed by atoms with E-state index in [9.17, 15) is 9.59 Å². The summed E-state index contributed by atoms with van der Waals surface area (Å²) in [6, 6.07) is 8.13. The first-order chi connectivity index (χ1) is 15.7. The fourth-order valence-corrected chi connectivity index (χ4v) is 5.49. The van der Waals surface area contributed by atoms with Gasteiger partial charge in [0.15, 0.2) is 5.96 Å². The van der Waals surface area contributed by atoms with Crippen molar-refractivity contribution < 1.29 is 9.59 Å². The number of guanidine groups is 1. The summed E-state index contributed by atoms with van der Waals surface area (Å²) in [7, 11) is 1.75. The lowest BCUT2D eigenvalue weighted by Crippen LogP contribution is -2.40. The highest BCUT2D eigenvalue weighted by atomic mass is 127. The van der Waals surface area contributed by atoms with Gasteiger partial charge < -0.3 is 15.2 Å². The Labute approximate surface area is 210 Å². The molecule has 8 nitrogen and oxygen atoms in total. The van der Waals surface area contributed by atoms with Crippen LogP contribution in [0.1, 0.15) is 19.3 Å². The molecule has 3 aliphatic rings. The molecule has 2 fully saturated rings. The van der Waals surface area contributed by atoms with Crippen molar-refractivity contribution in [1.82, 2.24) is 25.1 Å². The van der Waals surface area contributed by atoms with E-state index in [4.69, 9.17) is 0 Å². The first-order valence-electron chi connectivity index (χ1n) is 11.6. The highest BCUT2D eigenvalue weighted by molar-refractivity contribution is 14.0. The molecule has 2 aliphatic carbocycles. The van der Waals surface area contributed by atoms with Crippen molar-refractivity contribution in [2.24, 2.45) is 28.7 Å². The van der Waals surface area contributed by atoms with E-state index in [-0.39, 0.29) is 59.5 Å². The smallest absolute Gasteiger partial charge is 0.233 e. The zero-order valence-corrected chi connectivity index (χ0v) is 21.1. The summed E-state index contributed by atoms with van der Waals surface area (Å²) >= 11 is 0. The van der Waals surface area contributed by atoms with E-state index in [0.29, 0.717) is 19.5 Å². The molecule has 4 unspecified atom stereocenters. The second-order valence-corrected chi connectivity index (χ2v) is 8.89. The molecule has 2 aromatic rings. The predicted molar refractivity (Wildman–Crippen MR) is 138 cm³/mol. The highest BCUT2D eigenvalue weighted by Gasteiger charge is 2.58. The number of aromatic nitrogens is 2. The zero-order chi connectivity index (χ0) is 22.1. The number of likely N-dealkylation sites (tertiary alicyclic amines) is 1. The third-order valence-electron chi connectivity index (χ3n) is 7.03. The summed E-state index contributed by atoms with van der Waals surface area (Å²) in [5.74, 6) is 1.14. The standard InChI is InChI=1S/C24H30N6O2.HI/c1-25-24(26-10-4-12-29-15-28-18-6-2-3-7-19(18)29)27-11-5-13-30-22(31)20-16-8-9-17(14-16)21(20)23(30)32;/h2-3,6-9,15-17,20-21H,4-5,10-14H2,1H3,(H2,25,26,27);1H. The molecule has 1 saturated carbocycles. The van der Waals surface area contributed by atoms with Crippen LogP contribution in [0.5, 0.6) is 0 Å². The van der Waals surface area contributed by atoms with Crippen LogP contribution in [0, 0.1) is 23.7 Å². The monoisotopic (exact) mass is 562 g/mol. The third-order valence-corrected chi connectivity index (χ3v) is 7.03. The van der Waals surface area contributed by atoms with Gasteiger partial charge in [-0.15, -0.1) is 24.0 Å². The van der Waals surface area contributed by atoms with Crippen LogP contribution in [0.3, 0.4) is 0 Å². The van der Waals surface area contributed by atoms with Gasteiger partial charge in [-0.3, -0.25) is 19.5 Å². The minimum atomic E-state index is -0.104. The minimum Gasteiger partial charge on any atom is -0.356 e. The Morgan fingerprint density at radius 1 is 1.03 bits per heavy atom. The Morgan fingerprint density at radius 2 is 1.67 bits per heavy atom. The lowest BCUT2D eigenvalue weighted by molar-refractivity contribution is -0.140. The van der Waals surface area contributed by atoms with Gasteiger partial charge in [-0.05, 0) is 43.2 Å². The first kappa shape index (κ1) is 23.7. The number of carbonyl (C=O) groups is 2. The summed E-state index contributed by atoms with van der Waals surface area (Å²) in [4.78, 5) is 35.7. The number of imide groups is 1. The molecular weight excluding hydrogens is 531 g/mol. The van der Waals surface area contributed by atoms with Crippen LogP contribution in [0.4, 0.5) is 0 Å². The zero-order valence-electron chi connectivity index (χ0n) is 18.8. The van der Waals surface area contributed by atoms with Crippen LogP contribution in [0.2, 0.25) is 0 Å². The maximum Gasteiger partial charge on any atom is 0.233 e. The second-order valence-electron chi connectivity index (χ2n) is 8.89. The molecular formula is C24H31IN6O2. The number of nitrogens with one attached hydrogen (secondary N) is 2. The van der Waals surface area contributed by atoms with Crippen molar-refractivity contribution in [3.8, 4) is 0 Å². The lowest BCUT2D eigenvalue weighted by Gasteiger charge is -2.18. The molecule has 2 amide bonds. The van der Waals surface area contributed by atoms with Gasteiger partial charge in [0, 0.05) is 33.2 Å². The first-order valence-corrected chi connectivity index (χ1v) is 11.6. The number of halogens is 1. The van der Waals surface area contributed by atoms with Gasteiger partial charge in [0.1, 0.15) is 0 Å². The Hall–Kier alpha value is -2.43. The predicted octanol–water partition coefficient (Wildman–Crippen LogP) is 2.41. The number of carbonyl (C=O) groups excluding carboxylic acids is 2. The lowest BCUT2D eigenvalue weighted by atomic mass is 9.85. The summed E-state index contributed by atoms with van der Waals surface area (Å²) in [5, 5.41) is 6.61. The number of aliphatic imine (C=N–C) groups is 1. The van der Waals surface area contributed by atoms with Gasteiger partial charge in [-0.1, -0.05) is 24.3 Å². The maximum absolute atomic E-state index is 12.7. The largest absolute Gasteiger partial charge is 0.356 e. The van der Waals surface area contributed by atoms with Gasteiger partial charge in [0.2, 0.25) is 11.8 Å². The summed E-state index contributed by atoms with van der Waals surface area (Å²) in [6.07, 6.45) is 8.77. The number of nitrogens with zero attached hydrogens (tertiary/aromatic N) is 4. The number of hydrogen-bond acceptors (Lipinski definition) is 4. The number of aryl methyl sites for hydroxylation is 1. The number of amides is 2. The van der Waals surface area contributed by atoms with Crippen LogP contribution in [0.25, 0.3) is 11.0 Å². The topological polar surface area (TPSA) is 91.6 Å². The normalized spacial score (nSPS) is 25.6. The Bertz CT molecular complexity index is 1050. The number of benzene rings is 1. The number of hydrogen-bond donors (Lipinski definition) is 2. The number of imidazole rings is 1. The SMILES string of the molecule is CN=C(NCCCN1C(=O)C2C3C=CC(C3)C2C1=O)NCCCn1cnc2ccccc21.I. The van der Waals surface area contributed by atoms with Crippen LogP contribution in [-0.2, 0) is 16.1 Å². The van der Waals surface area contributed by atoms with Crippen LogP contribution >= 0.6 is 24.0 Å². The Morgan fingerprint density at radius 3 is 2.33 bits per heavy atom. The minimum absolute atomic E-state index is 0. The van der Waals surface area contributed by atoms with E-state index in [0.717, 1.165) is 42.9 Å². The van der Waals surface area contributed by atoms with Crippen LogP contribution in [0.15, 0.2) is 47.7 Å². The molecule has 0 spiro atoms. The molecule has 1 aromatic carbocycles. The van der Waals surface area contributed by atoms with Crippen molar-refractivity contribution in [2.45, 2.75) is 25.8 Å². The highest BCUT2D eigenvalue weighted by Crippen LogP contribution is 2.52. The third kappa shape index (κ3) is 4.51. The summed E-state index contributed by atoms with van der Waals surface area (Å²) in [6.45, 7) is 2.79. The molecule has 1 aromatic heterocycles. The van der Waals surface area contributed by atoms with Gasteiger partial charge in [0.05, 0.1) is 29.2 Å². The van der Waals surface area contributed by atoms with Crippen molar-refractivity contribution in [1.29, 1.82) is 0 Å².